The van der Waals surface area contributed by atoms with E-state index < -0.39 is 11.7 Å². The zero-order valence-electron chi connectivity index (χ0n) is 18.4. The molecule has 8 nitrogen and oxygen atoms in total. The van der Waals surface area contributed by atoms with E-state index in [1.54, 1.807) is 31.6 Å². The molecule has 1 fully saturated rings. The Morgan fingerprint density at radius 3 is 2.61 bits per heavy atom. The number of aromatic nitrogens is 4. The normalized spacial score (nSPS) is 18.8. The highest BCUT2D eigenvalue weighted by atomic mass is 35.5. The minimum atomic E-state index is -0.579. The van der Waals surface area contributed by atoms with E-state index in [0.717, 1.165) is 18.8 Å². The molecule has 1 aliphatic heterocycles. The molecule has 0 radical (unpaired) electrons. The van der Waals surface area contributed by atoms with Gasteiger partial charge in [0.15, 0.2) is 11.5 Å². The number of nitrogens with one attached hydrogen (secondary N) is 2. The van der Waals surface area contributed by atoms with Crippen LogP contribution >= 0.6 is 11.6 Å². The molecular formula is C23H23ClFN7O. The summed E-state index contributed by atoms with van der Waals surface area (Å²) in [7, 11) is 0. The Morgan fingerprint density at radius 2 is 1.88 bits per heavy atom. The molecule has 2 unspecified atom stereocenters. The van der Waals surface area contributed by atoms with E-state index in [-0.39, 0.29) is 16.5 Å². The number of piperazine rings is 1. The lowest BCUT2D eigenvalue weighted by Crippen LogP contribution is -2.54. The van der Waals surface area contributed by atoms with Crippen LogP contribution < -0.4 is 15.5 Å². The summed E-state index contributed by atoms with van der Waals surface area (Å²) in [5.41, 5.74) is 3.25. The van der Waals surface area contributed by atoms with Crippen molar-refractivity contribution in [1.82, 2.24) is 24.7 Å². The summed E-state index contributed by atoms with van der Waals surface area (Å²) in [6.45, 7) is 7.66. The van der Waals surface area contributed by atoms with Crippen LogP contribution in [0.2, 0.25) is 5.15 Å². The highest BCUT2D eigenvalue weighted by molar-refractivity contribution is 6.33. The van der Waals surface area contributed by atoms with E-state index in [1.165, 1.54) is 10.5 Å². The molecular weight excluding hydrogens is 445 g/mol. The minimum Gasteiger partial charge on any atom is -0.367 e. The van der Waals surface area contributed by atoms with Crippen LogP contribution in [0.5, 0.6) is 0 Å². The standard InChI is InChI=1S/C23H23ClFN7O/c1-12-9-31(10-13(2)28-12)18-5-4-15(19-20(18)27-7-6-26-19)23(33)30-17-8-16(25)22-29-14(3)11-32(22)21(17)24/h4-8,11-13,28H,9-10H2,1-3H3,(H,30,33). The molecule has 5 rings (SSSR count). The summed E-state index contributed by atoms with van der Waals surface area (Å²) >= 11 is 6.43. The molecule has 1 aromatic carbocycles. The first kappa shape index (κ1) is 21.5. The number of amides is 1. The Hall–Kier alpha value is -3.30. The predicted molar refractivity (Wildman–Crippen MR) is 127 cm³/mol. The van der Waals surface area contributed by atoms with Gasteiger partial charge in [-0.3, -0.25) is 19.2 Å². The number of benzene rings is 1. The SMILES string of the molecule is Cc1cn2c(Cl)c(NC(=O)c3ccc(N4CC(C)NC(C)C4)c4nccnc34)cc(F)c2n1. The summed E-state index contributed by atoms with van der Waals surface area (Å²) < 4.78 is 16.0. The van der Waals surface area contributed by atoms with Gasteiger partial charge in [0.05, 0.1) is 22.6 Å². The number of hydrogen-bond donors (Lipinski definition) is 2. The third-order valence-corrected chi connectivity index (χ3v) is 6.13. The van der Waals surface area contributed by atoms with Gasteiger partial charge in [-0.1, -0.05) is 11.6 Å². The molecule has 4 heterocycles. The molecule has 3 aromatic heterocycles. The van der Waals surface area contributed by atoms with Crippen LogP contribution in [-0.4, -0.2) is 50.4 Å². The van der Waals surface area contributed by atoms with Gasteiger partial charge in [-0.25, -0.2) is 9.37 Å². The Labute approximate surface area is 194 Å². The maximum atomic E-state index is 14.5. The third-order valence-electron chi connectivity index (χ3n) is 5.74. The lowest BCUT2D eigenvalue weighted by Gasteiger charge is -2.38. The van der Waals surface area contributed by atoms with Crippen molar-refractivity contribution in [2.75, 3.05) is 23.3 Å². The summed E-state index contributed by atoms with van der Waals surface area (Å²) in [6.07, 6.45) is 4.78. The number of carbonyl (C=O) groups is 1. The van der Waals surface area contributed by atoms with Gasteiger partial charge in [0.25, 0.3) is 5.91 Å². The van der Waals surface area contributed by atoms with Crippen LogP contribution in [0.15, 0.2) is 36.8 Å². The Bertz CT molecular complexity index is 1380. The number of rotatable bonds is 3. The molecule has 0 aliphatic carbocycles. The van der Waals surface area contributed by atoms with Gasteiger partial charge < -0.3 is 15.5 Å². The molecule has 4 aromatic rings. The van der Waals surface area contributed by atoms with Gasteiger partial charge >= 0.3 is 0 Å². The Balaban J connectivity index is 1.53. The minimum absolute atomic E-state index is 0.107. The summed E-state index contributed by atoms with van der Waals surface area (Å²) in [5, 5.41) is 6.40. The van der Waals surface area contributed by atoms with Crippen molar-refractivity contribution in [2.24, 2.45) is 0 Å². The number of imidazole rings is 1. The number of hydrogen-bond acceptors (Lipinski definition) is 6. The van der Waals surface area contributed by atoms with Crippen molar-refractivity contribution >= 4 is 45.6 Å². The topological polar surface area (TPSA) is 87.5 Å². The number of nitrogens with zero attached hydrogens (tertiary/aromatic N) is 5. The first-order chi connectivity index (χ1) is 15.8. The van der Waals surface area contributed by atoms with Crippen molar-refractivity contribution in [3.63, 3.8) is 0 Å². The van der Waals surface area contributed by atoms with E-state index in [1.807, 2.05) is 6.07 Å². The van der Waals surface area contributed by atoms with Gasteiger partial charge in [0.1, 0.15) is 16.2 Å². The molecule has 0 spiro atoms. The third kappa shape index (κ3) is 3.87. The fourth-order valence-electron chi connectivity index (χ4n) is 4.48. The predicted octanol–water partition coefficient (Wildman–Crippen LogP) is 3.82. The van der Waals surface area contributed by atoms with E-state index >= 15 is 0 Å². The molecule has 33 heavy (non-hydrogen) atoms. The molecule has 0 bridgehead atoms. The van der Waals surface area contributed by atoms with Crippen LogP contribution in [-0.2, 0) is 0 Å². The second-order valence-electron chi connectivity index (χ2n) is 8.49. The number of anilines is 2. The van der Waals surface area contributed by atoms with E-state index in [4.69, 9.17) is 11.6 Å². The number of fused-ring (bicyclic) bond motifs is 2. The van der Waals surface area contributed by atoms with Crippen molar-refractivity contribution in [3.8, 4) is 0 Å². The van der Waals surface area contributed by atoms with Crippen LogP contribution in [0.1, 0.15) is 29.9 Å². The average Bonchev–Trinajstić information content (AvgIpc) is 3.18. The summed E-state index contributed by atoms with van der Waals surface area (Å²) in [4.78, 5) is 28.6. The van der Waals surface area contributed by atoms with Crippen LogP contribution in [0.3, 0.4) is 0 Å². The van der Waals surface area contributed by atoms with Crippen molar-refractivity contribution < 1.29 is 9.18 Å². The smallest absolute Gasteiger partial charge is 0.258 e. The van der Waals surface area contributed by atoms with Crippen molar-refractivity contribution in [3.05, 3.63) is 59.0 Å². The van der Waals surface area contributed by atoms with Crippen LogP contribution in [0, 0.1) is 12.7 Å². The van der Waals surface area contributed by atoms with Crippen LogP contribution in [0.25, 0.3) is 16.7 Å². The number of pyridine rings is 1. The monoisotopic (exact) mass is 467 g/mol. The van der Waals surface area contributed by atoms with Crippen LogP contribution in [0.4, 0.5) is 15.8 Å². The largest absolute Gasteiger partial charge is 0.367 e. The van der Waals surface area contributed by atoms with Gasteiger partial charge in [-0.2, -0.15) is 0 Å². The van der Waals surface area contributed by atoms with Gasteiger partial charge in [0.2, 0.25) is 0 Å². The maximum Gasteiger partial charge on any atom is 0.258 e. The van der Waals surface area contributed by atoms with Gasteiger partial charge in [-0.05, 0) is 32.9 Å². The second-order valence-corrected chi connectivity index (χ2v) is 8.84. The lowest BCUT2D eigenvalue weighted by atomic mass is 10.1. The molecule has 170 valence electrons. The van der Waals surface area contributed by atoms with E-state index in [9.17, 15) is 9.18 Å². The van der Waals surface area contributed by atoms with E-state index in [0.29, 0.717) is 34.4 Å². The summed E-state index contributed by atoms with van der Waals surface area (Å²) in [6, 6.07) is 5.43. The first-order valence-corrected chi connectivity index (χ1v) is 11.1. The number of carbonyl (C=O) groups excluding carboxylic acids is 1. The number of aryl methyl sites for hydroxylation is 1. The molecule has 0 saturated carbocycles. The molecule has 2 N–H and O–H groups in total. The molecule has 1 saturated heterocycles. The molecule has 2 atom stereocenters. The molecule has 1 amide bonds. The Kier molecular flexibility index (Phi) is 5.38. The van der Waals surface area contributed by atoms with Gasteiger partial charge in [-0.15, -0.1) is 0 Å². The first-order valence-electron chi connectivity index (χ1n) is 10.7. The van der Waals surface area contributed by atoms with Gasteiger partial charge in [0, 0.05) is 49.8 Å². The highest BCUT2D eigenvalue weighted by Crippen LogP contribution is 2.30. The Morgan fingerprint density at radius 1 is 1.18 bits per heavy atom. The fourth-order valence-corrected chi connectivity index (χ4v) is 4.71. The molecule has 10 heteroatoms. The lowest BCUT2D eigenvalue weighted by molar-refractivity contribution is 0.102. The summed E-state index contributed by atoms with van der Waals surface area (Å²) in [5.74, 6) is -1.03. The zero-order chi connectivity index (χ0) is 23.3. The molecule has 1 aliphatic rings. The second kappa shape index (κ2) is 8.24. The fraction of sp³-hybridized carbons (Fsp3) is 0.304. The highest BCUT2D eigenvalue weighted by Gasteiger charge is 2.25. The quantitative estimate of drug-likeness (QED) is 0.445. The number of halogens is 2. The van der Waals surface area contributed by atoms with E-state index in [2.05, 4.69) is 44.3 Å². The van der Waals surface area contributed by atoms with Crippen molar-refractivity contribution in [2.45, 2.75) is 32.9 Å². The van der Waals surface area contributed by atoms with Crippen molar-refractivity contribution in [1.29, 1.82) is 0 Å². The zero-order valence-corrected chi connectivity index (χ0v) is 19.2. The maximum absolute atomic E-state index is 14.5. The average molecular weight is 468 g/mol.